The third-order valence-electron chi connectivity index (χ3n) is 5.30. The van der Waals surface area contributed by atoms with Gasteiger partial charge in [-0.15, -0.1) is 24.2 Å². The van der Waals surface area contributed by atoms with Crippen LogP contribution in [0.4, 0.5) is 18.9 Å². The van der Waals surface area contributed by atoms with E-state index in [1.165, 1.54) is 23.9 Å². The molecule has 0 saturated carbocycles. The molecule has 0 N–H and O–H groups in total. The number of anilines is 1. The number of para-hydroxylation sites is 1. The van der Waals surface area contributed by atoms with Crippen LogP contribution < -0.4 is 4.90 Å². The van der Waals surface area contributed by atoms with Gasteiger partial charge in [0.2, 0.25) is 0 Å². The normalized spacial score (nSPS) is 13.8. The van der Waals surface area contributed by atoms with Gasteiger partial charge < -0.3 is 4.90 Å². The standard InChI is InChI=1S/C26H23F3N2S.ClH/c1-31-16-15-30-23(22-10-3-4-11-24(22)31)14-13-20-8-2-5-12-25(20)32-18-19-7-6-9-21(17-19)26(27,28)29;/h2-14,17H,15-16,18H2,1H3;1H/b14-13+;. The second-order valence-electron chi connectivity index (χ2n) is 7.56. The van der Waals surface area contributed by atoms with Crippen LogP contribution in [0.3, 0.4) is 0 Å². The molecule has 172 valence electrons. The van der Waals surface area contributed by atoms with Crippen LogP contribution >= 0.6 is 24.2 Å². The highest BCUT2D eigenvalue weighted by Crippen LogP contribution is 2.32. The Balaban J connectivity index is 0.00000306. The number of benzodiazepines with no additional fused rings is 1. The first-order valence-electron chi connectivity index (χ1n) is 10.3. The van der Waals surface area contributed by atoms with Gasteiger partial charge in [-0.25, -0.2) is 0 Å². The number of nitrogens with zero attached hydrogens (tertiary/aromatic N) is 2. The molecule has 0 bridgehead atoms. The first-order chi connectivity index (χ1) is 15.4. The molecule has 0 aromatic heterocycles. The fourth-order valence-electron chi connectivity index (χ4n) is 3.61. The lowest BCUT2D eigenvalue weighted by Crippen LogP contribution is -2.20. The van der Waals surface area contributed by atoms with Crippen molar-refractivity contribution >= 4 is 41.6 Å². The predicted molar refractivity (Wildman–Crippen MR) is 135 cm³/mol. The van der Waals surface area contributed by atoms with Gasteiger partial charge in [-0.3, -0.25) is 4.99 Å². The molecule has 7 heteroatoms. The molecule has 0 fully saturated rings. The molecule has 0 saturated heterocycles. The SMILES string of the molecule is CN1CCN=C(/C=C/c2ccccc2SCc2cccc(C(F)(F)F)c2)c2ccccc21.Cl. The van der Waals surface area contributed by atoms with Gasteiger partial charge in [-0.2, -0.15) is 13.2 Å². The van der Waals surface area contributed by atoms with E-state index in [-0.39, 0.29) is 12.4 Å². The molecule has 0 unspecified atom stereocenters. The number of rotatable bonds is 5. The Morgan fingerprint density at radius 2 is 1.73 bits per heavy atom. The number of halogens is 4. The Bertz CT molecular complexity index is 1160. The minimum atomic E-state index is -4.33. The summed E-state index contributed by atoms with van der Waals surface area (Å²) < 4.78 is 39.0. The molecule has 0 radical (unpaired) electrons. The average molecular weight is 489 g/mol. The van der Waals surface area contributed by atoms with Gasteiger partial charge in [0, 0.05) is 35.5 Å². The van der Waals surface area contributed by atoms with Crippen LogP contribution in [-0.4, -0.2) is 25.8 Å². The maximum Gasteiger partial charge on any atom is 0.416 e. The number of fused-ring (bicyclic) bond motifs is 1. The number of likely N-dealkylation sites (N-methyl/N-ethyl adjacent to an activating group) is 1. The molecule has 3 aromatic rings. The summed E-state index contributed by atoms with van der Waals surface area (Å²) in [6, 6.07) is 21.7. The lowest BCUT2D eigenvalue weighted by atomic mass is 10.1. The lowest BCUT2D eigenvalue weighted by molar-refractivity contribution is -0.137. The number of allylic oxidation sites excluding steroid dienone is 1. The summed E-state index contributed by atoms with van der Waals surface area (Å²) in [6.45, 7) is 1.58. The molecule has 1 aliphatic heterocycles. The van der Waals surface area contributed by atoms with Gasteiger partial charge in [0.05, 0.1) is 17.8 Å². The Labute approximate surface area is 202 Å². The first-order valence-corrected chi connectivity index (χ1v) is 11.3. The van der Waals surface area contributed by atoms with Crippen molar-refractivity contribution in [2.75, 3.05) is 25.0 Å². The molecule has 0 atom stereocenters. The van der Waals surface area contributed by atoms with E-state index in [4.69, 9.17) is 4.99 Å². The van der Waals surface area contributed by atoms with Crippen molar-refractivity contribution < 1.29 is 13.2 Å². The Hall–Kier alpha value is -2.70. The van der Waals surface area contributed by atoms with Crippen molar-refractivity contribution in [2.45, 2.75) is 16.8 Å². The molecule has 0 spiro atoms. The number of hydrogen-bond donors (Lipinski definition) is 0. The summed E-state index contributed by atoms with van der Waals surface area (Å²) in [7, 11) is 2.07. The van der Waals surface area contributed by atoms with E-state index >= 15 is 0 Å². The van der Waals surface area contributed by atoms with Crippen molar-refractivity contribution in [3.63, 3.8) is 0 Å². The number of thioether (sulfide) groups is 1. The maximum atomic E-state index is 13.0. The second-order valence-corrected chi connectivity index (χ2v) is 8.58. The third kappa shape index (κ3) is 6.21. The zero-order valence-electron chi connectivity index (χ0n) is 18.0. The van der Waals surface area contributed by atoms with Gasteiger partial charge in [-0.05, 0) is 35.4 Å². The highest BCUT2D eigenvalue weighted by Gasteiger charge is 2.30. The Morgan fingerprint density at radius 1 is 0.970 bits per heavy atom. The van der Waals surface area contributed by atoms with Crippen LogP contribution in [0.15, 0.2) is 88.8 Å². The second kappa shape index (κ2) is 10.9. The molecule has 2 nitrogen and oxygen atoms in total. The predicted octanol–water partition coefficient (Wildman–Crippen LogP) is 7.37. The fourth-order valence-corrected chi connectivity index (χ4v) is 4.59. The minimum Gasteiger partial charge on any atom is -0.372 e. The lowest BCUT2D eigenvalue weighted by Gasteiger charge is -2.18. The zero-order chi connectivity index (χ0) is 22.6. The smallest absolute Gasteiger partial charge is 0.372 e. The highest BCUT2D eigenvalue weighted by atomic mass is 35.5. The van der Waals surface area contributed by atoms with Gasteiger partial charge in [0.1, 0.15) is 0 Å². The quantitative estimate of drug-likeness (QED) is 0.348. The largest absolute Gasteiger partial charge is 0.416 e. The van der Waals surface area contributed by atoms with Gasteiger partial charge in [-0.1, -0.05) is 60.7 Å². The summed E-state index contributed by atoms with van der Waals surface area (Å²) in [5.74, 6) is 0.462. The Morgan fingerprint density at radius 3 is 2.55 bits per heavy atom. The van der Waals surface area contributed by atoms with E-state index in [0.29, 0.717) is 11.3 Å². The van der Waals surface area contributed by atoms with E-state index in [1.807, 2.05) is 48.6 Å². The van der Waals surface area contributed by atoms with E-state index in [0.717, 1.165) is 46.6 Å². The fraction of sp³-hybridized carbons (Fsp3) is 0.192. The molecule has 1 aliphatic rings. The molecule has 1 heterocycles. The maximum absolute atomic E-state index is 13.0. The molecule has 0 amide bonds. The van der Waals surface area contributed by atoms with E-state index < -0.39 is 11.7 Å². The van der Waals surface area contributed by atoms with Gasteiger partial charge in [0.15, 0.2) is 0 Å². The molecule has 3 aromatic carbocycles. The minimum absolute atomic E-state index is 0. The van der Waals surface area contributed by atoms with Crippen LogP contribution in [0, 0.1) is 0 Å². The molecule has 33 heavy (non-hydrogen) atoms. The summed E-state index contributed by atoms with van der Waals surface area (Å²) in [5.41, 5.74) is 4.23. The molecule has 4 rings (SSSR count). The number of aliphatic imine (C=N–C) groups is 1. The van der Waals surface area contributed by atoms with Crippen molar-refractivity contribution in [1.29, 1.82) is 0 Å². The monoisotopic (exact) mass is 488 g/mol. The van der Waals surface area contributed by atoms with Crippen molar-refractivity contribution in [1.82, 2.24) is 0 Å². The van der Waals surface area contributed by atoms with E-state index in [2.05, 4.69) is 24.1 Å². The van der Waals surface area contributed by atoms with Crippen LogP contribution in [0.25, 0.3) is 6.08 Å². The van der Waals surface area contributed by atoms with Crippen molar-refractivity contribution in [3.8, 4) is 0 Å². The van der Waals surface area contributed by atoms with E-state index in [1.54, 1.807) is 6.07 Å². The van der Waals surface area contributed by atoms with Crippen molar-refractivity contribution in [2.24, 2.45) is 4.99 Å². The average Bonchev–Trinajstić information content (AvgIpc) is 2.95. The summed E-state index contributed by atoms with van der Waals surface area (Å²) in [6.07, 6.45) is -0.262. The summed E-state index contributed by atoms with van der Waals surface area (Å²) in [5, 5.41) is 0. The summed E-state index contributed by atoms with van der Waals surface area (Å²) >= 11 is 1.53. The van der Waals surface area contributed by atoms with Crippen LogP contribution in [0.2, 0.25) is 0 Å². The Kier molecular flexibility index (Phi) is 8.27. The van der Waals surface area contributed by atoms with E-state index in [9.17, 15) is 13.2 Å². The molecular formula is C26H24ClF3N2S. The number of benzene rings is 3. The summed E-state index contributed by atoms with van der Waals surface area (Å²) in [4.78, 5) is 7.98. The highest BCUT2D eigenvalue weighted by molar-refractivity contribution is 7.98. The number of alkyl halides is 3. The zero-order valence-corrected chi connectivity index (χ0v) is 19.7. The third-order valence-corrected chi connectivity index (χ3v) is 6.46. The van der Waals surface area contributed by atoms with Crippen molar-refractivity contribution in [3.05, 3.63) is 101 Å². The van der Waals surface area contributed by atoms with Gasteiger partial charge in [0.25, 0.3) is 0 Å². The first kappa shape index (κ1) is 24.9. The topological polar surface area (TPSA) is 15.6 Å². The van der Waals surface area contributed by atoms with Crippen LogP contribution in [0.5, 0.6) is 0 Å². The molecule has 0 aliphatic carbocycles. The van der Waals surface area contributed by atoms with Gasteiger partial charge >= 0.3 is 6.18 Å². The molecular weight excluding hydrogens is 465 g/mol. The number of hydrogen-bond acceptors (Lipinski definition) is 3. The van der Waals surface area contributed by atoms with Crippen LogP contribution in [0.1, 0.15) is 22.3 Å². The van der Waals surface area contributed by atoms with Crippen LogP contribution in [-0.2, 0) is 11.9 Å².